The quantitative estimate of drug-likeness (QED) is 0.904. The first-order valence-electron chi connectivity index (χ1n) is 7.08. The van der Waals surface area contributed by atoms with Crippen molar-refractivity contribution in [2.24, 2.45) is 0 Å². The molecular formula is C18H21NO2. The maximum Gasteiger partial charge on any atom is 0.224 e. The summed E-state index contributed by atoms with van der Waals surface area (Å²) in [6.07, 6.45) is 1.20. The van der Waals surface area contributed by atoms with Gasteiger partial charge in [-0.15, -0.1) is 0 Å². The zero-order valence-corrected chi connectivity index (χ0v) is 12.8. The van der Waals surface area contributed by atoms with E-state index >= 15 is 0 Å². The molecular weight excluding hydrogens is 262 g/mol. The van der Waals surface area contributed by atoms with Gasteiger partial charge in [0.2, 0.25) is 5.91 Å². The van der Waals surface area contributed by atoms with Gasteiger partial charge in [-0.2, -0.15) is 0 Å². The van der Waals surface area contributed by atoms with E-state index in [1.54, 1.807) is 7.11 Å². The van der Waals surface area contributed by atoms with Crippen LogP contribution in [-0.2, 0) is 11.2 Å². The van der Waals surface area contributed by atoms with Crippen LogP contribution in [0.15, 0.2) is 42.5 Å². The number of nitrogens with one attached hydrogen (secondary N) is 1. The monoisotopic (exact) mass is 283 g/mol. The van der Waals surface area contributed by atoms with Crippen LogP contribution in [0.3, 0.4) is 0 Å². The average molecular weight is 283 g/mol. The highest BCUT2D eigenvalue weighted by Crippen LogP contribution is 2.19. The third-order valence-corrected chi connectivity index (χ3v) is 3.44. The molecule has 0 bridgehead atoms. The first-order valence-corrected chi connectivity index (χ1v) is 7.08. The first-order chi connectivity index (χ1) is 10.1. The maximum atomic E-state index is 11.9. The van der Waals surface area contributed by atoms with Crippen molar-refractivity contribution in [2.75, 3.05) is 12.4 Å². The topological polar surface area (TPSA) is 38.3 Å². The molecule has 0 unspecified atom stereocenters. The minimum atomic E-state index is 0.0346. The highest BCUT2D eigenvalue weighted by Gasteiger charge is 2.05. The second-order valence-electron chi connectivity index (χ2n) is 5.22. The lowest BCUT2D eigenvalue weighted by atomic mass is 10.1. The molecule has 0 aromatic heterocycles. The summed E-state index contributed by atoms with van der Waals surface area (Å²) in [5.41, 5.74) is 4.26. The second-order valence-corrected chi connectivity index (χ2v) is 5.22. The Balaban J connectivity index is 1.89. The molecule has 1 N–H and O–H groups in total. The molecule has 0 saturated carbocycles. The van der Waals surface area contributed by atoms with Crippen LogP contribution in [0.1, 0.15) is 23.1 Å². The van der Waals surface area contributed by atoms with Gasteiger partial charge in [0.25, 0.3) is 0 Å². The largest absolute Gasteiger partial charge is 0.496 e. The molecule has 0 aliphatic carbocycles. The predicted molar refractivity (Wildman–Crippen MR) is 85.9 cm³/mol. The summed E-state index contributed by atoms with van der Waals surface area (Å²) in [5, 5.41) is 2.91. The van der Waals surface area contributed by atoms with Gasteiger partial charge < -0.3 is 10.1 Å². The molecule has 0 atom stereocenters. The van der Waals surface area contributed by atoms with E-state index in [2.05, 4.69) is 11.4 Å². The van der Waals surface area contributed by atoms with Gasteiger partial charge in [-0.05, 0) is 49.6 Å². The van der Waals surface area contributed by atoms with Crippen molar-refractivity contribution in [1.82, 2.24) is 0 Å². The van der Waals surface area contributed by atoms with Crippen molar-refractivity contribution in [3.05, 3.63) is 59.2 Å². The lowest BCUT2D eigenvalue weighted by Gasteiger charge is -2.08. The van der Waals surface area contributed by atoms with Crippen LogP contribution in [-0.4, -0.2) is 13.0 Å². The number of carbonyl (C=O) groups is 1. The molecule has 3 nitrogen and oxygen atoms in total. The summed E-state index contributed by atoms with van der Waals surface area (Å²) < 4.78 is 5.23. The molecule has 3 heteroatoms. The number of aryl methyl sites for hydroxylation is 3. The number of anilines is 1. The Hall–Kier alpha value is -2.29. The van der Waals surface area contributed by atoms with E-state index in [-0.39, 0.29) is 5.91 Å². The number of rotatable bonds is 5. The van der Waals surface area contributed by atoms with Gasteiger partial charge in [0.1, 0.15) is 5.75 Å². The summed E-state index contributed by atoms with van der Waals surface area (Å²) in [5.74, 6) is 0.912. The minimum Gasteiger partial charge on any atom is -0.496 e. The van der Waals surface area contributed by atoms with Crippen LogP contribution in [0.5, 0.6) is 5.75 Å². The van der Waals surface area contributed by atoms with Gasteiger partial charge in [-0.3, -0.25) is 4.79 Å². The Labute approximate surface area is 126 Å². The van der Waals surface area contributed by atoms with Crippen LogP contribution in [0.25, 0.3) is 0 Å². The van der Waals surface area contributed by atoms with Gasteiger partial charge in [-0.1, -0.05) is 29.8 Å². The van der Waals surface area contributed by atoms with Crippen molar-refractivity contribution >= 4 is 11.6 Å². The second kappa shape index (κ2) is 6.93. The van der Waals surface area contributed by atoms with E-state index in [9.17, 15) is 4.79 Å². The minimum absolute atomic E-state index is 0.0346. The third kappa shape index (κ3) is 4.35. The van der Waals surface area contributed by atoms with Crippen molar-refractivity contribution < 1.29 is 9.53 Å². The molecule has 0 aliphatic rings. The summed E-state index contributed by atoms with van der Waals surface area (Å²) in [6, 6.07) is 13.8. The fourth-order valence-corrected chi connectivity index (χ4v) is 2.21. The smallest absolute Gasteiger partial charge is 0.224 e. The summed E-state index contributed by atoms with van der Waals surface area (Å²) in [4.78, 5) is 11.9. The van der Waals surface area contributed by atoms with Gasteiger partial charge >= 0.3 is 0 Å². The molecule has 0 spiro atoms. The number of benzene rings is 2. The number of hydrogen-bond acceptors (Lipinski definition) is 2. The lowest BCUT2D eigenvalue weighted by Crippen LogP contribution is -2.12. The van der Waals surface area contributed by atoms with Gasteiger partial charge in [0.05, 0.1) is 7.11 Å². The van der Waals surface area contributed by atoms with E-state index in [0.29, 0.717) is 6.42 Å². The highest BCUT2D eigenvalue weighted by atomic mass is 16.5. The predicted octanol–water partition coefficient (Wildman–Crippen LogP) is 3.88. The Morgan fingerprint density at radius 2 is 1.81 bits per heavy atom. The first kappa shape index (κ1) is 15.1. The summed E-state index contributed by atoms with van der Waals surface area (Å²) >= 11 is 0. The number of carbonyl (C=O) groups excluding carboxylic acids is 1. The summed E-state index contributed by atoms with van der Waals surface area (Å²) in [7, 11) is 1.66. The van der Waals surface area contributed by atoms with Crippen LogP contribution in [0, 0.1) is 13.8 Å². The molecule has 0 heterocycles. The SMILES string of the molecule is COc1ccc(CCC(=O)Nc2ccc(C)cc2)cc1C. The van der Waals surface area contributed by atoms with E-state index < -0.39 is 0 Å². The van der Waals surface area contributed by atoms with E-state index in [1.165, 1.54) is 5.56 Å². The number of methoxy groups -OCH3 is 1. The van der Waals surface area contributed by atoms with Crippen molar-refractivity contribution in [3.63, 3.8) is 0 Å². The highest BCUT2D eigenvalue weighted by molar-refractivity contribution is 5.90. The average Bonchev–Trinajstić information content (AvgIpc) is 2.48. The number of amides is 1. The molecule has 0 aliphatic heterocycles. The Morgan fingerprint density at radius 1 is 1.10 bits per heavy atom. The Kier molecular flexibility index (Phi) is 4.99. The Morgan fingerprint density at radius 3 is 2.43 bits per heavy atom. The van der Waals surface area contributed by atoms with Gasteiger partial charge in [0.15, 0.2) is 0 Å². The fourth-order valence-electron chi connectivity index (χ4n) is 2.21. The molecule has 0 radical (unpaired) electrons. The molecule has 1 amide bonds. The normalized spacial score (nSPS) is 10.2. The molecule has 110 valence electrons. The molecule has 2 aromatic rings. The van der Waals surface area contributed by atoms with Crippen LogP contribution in [0.4, 0.5) is 5.69 Å². The maximum absolute atomic E-state index is 11.9. The lowest BCUT2D eigenvalue weighted by molar-refractivity contribution is -0.116. The van der Waals surface area contributed by atoms with E-state index in [0.717, 1.165) is 29.0 Å². The zero-order valence-electron chi connectivity index (χ0n) is 12.8. The molecule has 0 saturated heterocycles. The molecule has 21 heavy (non-hydrogen) atoms. The van der Waals surface area contributed by atoms with Crippen LogP contribution in [0.2, 0.25) is 0 Å². The molecule has 2 rings (SSSR count). The van der Waals surface area contributed by atoms with E-state index in [4.69, 9.17) is 4.74 Å². The standard InChI is InChI=1S/C18H21NO2/c1-13-4-8-16(9-5-13)19-18(20)11-7-15-6-10-17(21-3)14(2)12-15/h4-6,8-10,12H,7,11H2,1-3H3,(H,19,20). The van der Waals surface area contributed by atoms with Gasteiger partial charge in [0, 0.05) is 12.1 Å². The molecule has 2 aromatic carbocycles. The summed E-state index contributed by atoms with van der Waals surface area (Å²) in [6.45, 7) is 4.03. The zero-order chi connectivity index (χ0) is 15.2. The van der Waals surface area contributed by atoms with Crippen LogP contribution >= 0.6 is 0 Å². The number of ether oxygens (including phenoxy) is 1. The van der Waals surface area contributed by atoms with Crippen molar-refractivity contribution in [1.29, 1.82) is 0 Å². The Bertz CT molecular complexity index is 618. The third-order valence-electron chi connectivity index (χ3n) is 3.44. The van der Waals surface area contributed by atoms with Crippen molar-refractivity contribution in [3.8, 4) is 5.75 Å². The van der Waals surface area contributed by atoms with E-state index in [1.807, 2.05) is 50.2 Å². The van der Waals surface area contributed by atoms with Crippen molar-refractivity contribution in [2.45, 2.75) is 26.7 Å². The number of hydrogen-bond donors (Lipinski definition) is 1. The fraction of sp³-hybridized carbons (Fsp3) is 0.278. The van der Waals surface area contributed by atoms with Gasteiger partial charge in [-0.25, -0.2) is 0 Å². The molecule has 0 fully saturated rings. The van der Waals surface area contributed by atoms with Crippen LogP contribution < -0.4 is 10.1 Å².